The number of aliphatic hydroxyl groups excluding tert-OH is 1. The zero-order chi connectivity index (χ0) is 13.2. The lowest BCUT2D eigenvalue weighted by Crippen LogP contribution is -2.40. The van der Waals surface area contributed by atoms with E-state index in [1.165, 1.54) is 5.56 Å². The highest BCUT2D eigenvalue weighted by Crippen LogP contribution is 2.37. The third kappa shape index (κ3) is 3.00. The molecule has 1 atom stereocenters. The highest BCUT2D eigenvalue weighted by molar-refractivity contribution is 14.1. The number of nitrogens with zero attached hydrogens (tertiary/aromatic N) is 1. The van der Waals surface area contributed by atoms with Gasteiger partial charge in [0.25, 0.3) is 0 Å². The third-order valence-electron chi connectivity index (χ3n) is 3.41. The summed E-state index contributed by atoms with van der Waals surface area (Å²) in [5.41, 5.74) is 1.20. The van der Waals surface area contributed by atoms with Crippen molar-refractivity contribution >= 4 is 38.5 Å². The number of methoxy groups -OCH3 is 1. The van der Waals surface area contributed by atoms with Crippen LogP contribution in [0.3, 0.4) is 0 Å². The fourth-order valence-corrected chi connectivity index (χ4v) is 3.47. The Labute approximate surface area is 130 Å². The molecule has 3 nitrogen and oxygen atoms in total. The molecule has 2 rings (SSSR count). The van der Waals surface area contributed by atoms with Crippen LogP contribution in [0.4, 0.5) is 0 Å². The van der Waals surface area contributed by atoms with Gasteiger partial charge in [0.2, 0.25) is 0 Å². The molecular weight excluding hydrogens is 409 g/mol. The Bertz CT molecular complexity index is 429. The maximum Gasteiger partial charge on any atom is 0.119 e. The highest BCUT2D eigenvalue weighted by atomic mass is 127. The molecule has 5 heteroatoms. The van der Waals surface area contributed by atoms with E-state index in [4.69, 9.17) is 4.74 Å². The average molecular weight is 426 g/mol. The molecule has 1 unspecified atom stereocenters. The minimum atomic E-state index is -0.111. The number of alkyl halides is 1. The summed E-state index contributed by atoms with van der Waals surface area (Å²) in [6, 6.07) is 6.01. The van der Waals surface area contributed by atoms with Gasteiger partial charge >= 0.3 is 0 Å². The van der Waals surface area contributed by atoms with Crippen LogP contribution in [0, 0.1) is 0 Å². The number of aliphatic hydroxyl groups is 1. The number of halogens is 2. The summed E-state index contributed by atoms with van der Waals surface area (Å²) in [5.74, 6) is 0.871. The van der Waals surface area contributed by atoms with Crippen molar-refractivity contribution in [1.29, 1.82) is 0 Å². The second kappa shape index (κ2) is 6.07. The molecule has 0 saturated carbocycles. The van der Waals surface area contributed by atoms with Crippen molar-refractivity contribution in [3.05, 3.63) is 28.2 Å². The maximum atomic E-state index is 9.56. The fourth-order valence-electron chi connectivity index (χ4n) is 2.30. The molecule has 1 heterocycles. The van der Waals surface area contributed by atoms with Crippen molar-refractivity contribution in [3.8, 4) is 5.75 Å². The molecular formula is C13H17BrINO2. The van der Waals surface area contributed by atoms with E-state index >= 15 is 0 Å². The van der Waals surface area contributed by atoms with Crippen molar-refractivity contribution in [2.45, 2.75) is 22.9 Å². The van der Waals surface area contributed by atoms with Crippen molar-refractivity contribution in [1.82, 2.24) is 4.90 Å². The predicted octanol–water partition coefficient (Wildman–Crippen LogP) is 3.18. The Morgan fingerprint density at radius 1 is 1.56 bits per heavy atom. The van der Waals surface area contributed by atoms with Crippen LogP contribution >= 0.6 is 38.5 Å². The van der Waals surface area contributed by atoms with Crippen LogP contribution < -0.4 is 4.74 Å². The fraction of sp³-hybridized carbons (Fsp3) is 0.538. The first-order valence-corrected chi connectivity index (χ1v) is 7.83. The van der Waals surface area contributed by atoms with Crippen molar-refractivity contribution in [2.24, 2.45) is 0 Å². The molecule has 1 aliphatic rings. The van der Waals surface area contributed by atoms with E-state index in [1.807, 2.05) is 12.1 Å². The van der Waals surface area contributed by atoms with E-state index < -0.39 is 0 Å². The lowest BCUT2D eigenvalue weighted by Gasteiger charge is -2.32. The van der Waals surface area contributed by atoms with Gasteiger partial charge in [-0.1, -0.05) is 38.5 Å². The maximum absolute atomic E-state index is 9.56. The first-order valence-electron chi connectivity index (χ1n) is 5.96. The lowest BCUT2D eigenvalue weighted by molar-refractivity contribution is 0.141. The van der Waals surface area contributed by atoms with E-state index in [-0.39, 0.29) is 10.2 Å². The first kappa shape index (κ1) is 14.6. The van der Waals surface area contributed by atoms with E-state index in [0.717, 1.165) is 36.2 Å². The van der Waals surface area contributed by atoms with Crippen LogP contribution in [0.2, 0.25) is 0 Å². The molecule has 0 spiro atoms. The minimum absolute atomic E-state index is 0.111. The molecule has 1 aromatic rings. The number of hydrogen-bond acceptors (Lipinski definition) is 3. The molecule has 1 N–H and O–H groups in total. The first-order chi connectivity index (χ1) is 8.59. The van der Waals surface area contributed by atoms with Crippen molar-refractivity contribution in [2.75, 3.05) is 20.3 Å². The van der Waals surface area contributed by atoms with Crippen LogP contribution in [0.15, 0.2) is 22.7 Å². The zero-order valence-electron chi connectivity index (χ0n) is 10.3. The predicted molar refractivity (Wildman–Crippen MR) is 84.2 cm³/mol. The van der Waals surface area contributed by atoms with Gasteiger partial charge < -0.3 is 9.84 Å². The standard InChI is InChI=1S/C13H17BrINO2/c1-18-11-3-4-12(14)10(7-11)8-16-6-2-5-13(16,15)9-17/h3-4,7,17H,2,5-6,8-9H2,1H3. The van der Waals surface area contributed by atoms with E-state index in [2.05, 4.69) is 49.5 Å². The third-order valence-corrected chi connectivity index (χ3v) is 5.75. The smallest absolute Gasteiger partial charge is 0.119 e. The Morgan fingerprint density at radius 3 is 3.00 bits per heavy atom. The van der Waals surface area contributed by atoms with Crippen molar-refractivity contribution in [3.63, 3.8) is 0 Å². The Balaban J connectivity index is 2.18. The van der Waals surface area contributed by atoms with Crippen LogP contribution in [0.5, 0.6) is 5.75 Å². The second-order valence-corrected chi connectivity index (χ2v) is 7.42. The van der Waals surface area contributed by atoms with Gasteiger partial charge in [0.05, 0.1) is 17.3 Å². The van der Waals surface area contributed by atoms with Gasteiger partial charge in [0, 0.05) is 11.0 Å². The summed E-state index contributed by atoms with van der Waals surface area (Å²) in [6.45, 7) is 2.07. The van der Waals surface area contributed by atoms with Gasteiger partial charge in [-0.3, -0.25) is 4.90 Å². The molecule has 18 heavy (non-hydrogen) atoms. The second-order valence-electron chi connectivity index (χ2n) is 4.56. The van der Waals surface area contributed by atoms with Crippen LogP contribution in [0.25, 0.3) is 0 Å². The average Bonchev–Trinajstić information content (AvgIpc) is 2.74. The highest BCUT2D eigenvalue weighted by Gasteiger charge is 2.37. The van der Waals surface area contributed by atoms with E-state index in [1.54, 1.807) is 7.11 Å². The Kier molecular flexibility index (Phi) is 4.91. The van der Waals surface area contributed by atoms with Gasteiger partial charge in [0.1, 0.15) is 5.75 Å². The molecule has 0 aromatic heterocycles. The molecule has 0 radical (unpaired) electrons. The zero-order valence-corrected chi connectivity index (χ0v) is 14.1. The molecule has 1 fully saturated rings. The number of ether oxygens (including phenoxy) is 1. The number of rotatable bonds is 4. The Morgan fingerprint density at radius 2 is 2.33 bits per heavy atom. The molecule has 1 aromatic carbocycles. The SMILES string of the molecule is COc1ccc(Br)c(CN2CCCC2(I)CO)c1. The molecule has 1 saturated heterocycles. The van der Waals surface area contributed by atoms with Gasteiger partial charge in [-0.15, -0.1) is 0 Å². The minimum Gasteiger partial charge on any atom is -0.497 e. The van der Waals surface area contributed by atoms with Gasteiger partial charge in [-0.2, -0.15) is 0 Å². The van der Waals surface area contributed by atoms with Gasteiger partial charge in [-0.25, -0.2) is 0 Å². The Hall–Kier alpha value is 0.150. The normalized spacial score (nSPS) is 24.4. The monoisotopic (exact) mass is 425 g/mol. The largest absolute Gasteiger partial charge is 0.497 e. The summed E-state index contributed by atoms with van der Waals surface area (Å²) >= 11 is 5.96. The lowest BCUT2D eigenvalue weighted by atomic mass is 10.2. The number of likely N-dealkylation sites (tertiary alicyclic amines) is 1. The summed E-state index contributed by atoms with van der Waals surface area (Å²) < 4.78 is 6.24. The summed E-state index contributed by atoms with van der Waals surface area (Å²) in [5, 5.41) is 9.56. The topological polar surface area (TPSA) is 32.7 Å². The molecule has 0 amide bonds. The van der Waals surface area contributed by atoms with Crippen molar-refractivity contribution < 1.29 is 9.84 Å². The summed E-state index contributed by atoms with van der Waals surface area (Å²) in [7, 11) is 1.68. The molecule has 0 bridgehead atoms. The van der Waals surface area contributed by atoms with Gasteiger partial charge in [0.15, 0.2) is 0 Å². The van der Waals surface area contributed by atoms with Crippen LogP contribution in [-0.4, -0.2) is 33.8 Å². The van der Waals surface area contributed by atoms with Crippen LogP contribution in [0.1, 0.15) is 18.4 Å². The summed E-state index contributed by atoms with van der Waals surface area (Å²) in [6.07, 6.45) is 2.19. The van der Waals surface area contributed by atoms with Crippen LogP contribution in [-0.2, 0) is 6.54 Å². The number of hydrogen-bond donors (Lipinski definition) is 1. The molecule has 100 valence electrons. The number of benzene rings is 1. The van der Waals surface area contributed by atoms with E-state index in [0.29, 0.717) is 0 Å². The van der Waals surface area contributed by atoms with E-state index in [9.17, 15) is 5.11 Å². The molecule has 1 aliphatic heterocycles. The summed E-state index contributed by atoms with van der Waals surface area (Å²) in [4.78, 5) is 2.34. The van der Waals surface area contributed by atoms with Gasteiger partial charge in [-0.05, 0) is 43.1 Å². The molecule has 0 aliphatic carbocycles. The quantitative estimate of drug-likeness (QED) is 0.457.